The van der Waals surface area contributed by atoms with Gasteiger partial charge < -0.3 is 14.2 Å². The Labute approximate surface area is 211 Å². The van der Waals surface area contributed by atoms with Crippen molar-refractivity contribution in [3.8, 4) is 23.0 Å². The first-order chi connectivity index (χ1) is 17.8. The molecule has 0 heterocycles. The number of carbonyl (C=O) groups is 2. The summed E-state index contributed by atoms with van der Waals surface area (Å²) in [6.07, 6.45) is -1.46. The Balaban J connectivity index is 1.45. The summed E-state index contributed by atoms with van der Waals surface area (Å²) in [5.74, 6) is -1.87. The van der Waals surface area contributed by atoms with E-state index >= 15 is 0 Å². The minimum absolute atomic E-state index is 0.0755. The molecule has 0 aliphatic heterocycles. The lowest BCUT2D eigenvalue weighted by Gasteiger charge is -2.13. The number of rotatable bonds is 10. The third-order valence-electron chi connectivity index (χ3n) is 5.81. The molecule has 0 aliphatic carbocycles. The molecule has 0 N–H and O–H groups in total. The van der Waals surface area contributed by atoms with Crippen molar-refractivity contribution >= 4 is 22.3 Å². The number of fused-ring (bicyclic) bond motifs is 1. The van der Waals surface area contributed by atoms with Crippen LogP contribution >= 0.6 is 0 Å². The number of methoxy groups -OCH3 is 2. The van der Waals surface area contributed by atoms with Gasteiger partial charge >= 0.3 is 0 Å². The molecule has 0 unspecified atom stereocenters. The lowest BCUT2D eigenvalue weighted by atomic mass is 10.0. The number of ether oxygens (including phenoxy) is 3. The molecule has 4 aromatic rings. The molecule has 0 amide bonds. The van der Waals surface area contributed by atoms with E-state index in [1.54, 1.807) is 24.3 Å². The Morgan fingerprint density at radius 2 is 1.35 bits per heavy atom. The van der Waals surface area contributed by atoms with E-state index in [0.29, 0.717) is 17.2 Å². The van der Waals surface area contributed by atoms with E-state index in [-0.39, 0.29) is 17.7 Å². The van der Waals surface area contributed by atoms with Crippen LogP contribution in [0, 0.1) is 17.5 Å². The van der Waals surface area contributed by atoms with Gasteiger partial charge in [0.25, 0.3) is 0 Å². The van der Waals surface area contributed by atoms with Crippen molar-refractivity contribution in [2.75, 3.05) is 14.2 Å². The van der Waals surface area contributed by atoms with Gasteiger partial charge in [-0.25, -0.2) is 13.2 Å². The minimum atomic E-state index is -0.855. The van der Waals surface area contributed by atoms with Gasteiger partial charge in [-0.05, 0) is 47.3 Å². The predicted molar refractivity (Wildman–Crippen MR) is 132 cm³/mol. The quantitative estimate of drug-likeness (QED) is 0.233. The number of carbonyl (C=O) groups excluding carboxylic acids is 2. The molecular weight excluding hydrogens is 485 g/mol. The van der Waals surface area contributed by atoms with E-state index in [2.05, 4.69) is 0 Å². The summed E-state index contributed by atoms with van der Waals surface area (Å²) in [6, 6.07) is 16.3. The molecule has 8 heteroatoms. The average molecular weight is 508 g/mol. The molecule has 0 saturated heterocycles. The average Bonchev–Trinajstić information content (AvgIpc) is 2.87. The second-order valence-electron chi connectivity index (χ2n) is 8.35. The summed E-state index contributed by atoms with van der Waals surface area (Å²) in [5, 5.41) is 1.56. The van der Waals surface area contributed by atoms with E-state index in [1.807, 2.05) is 6.07 Å². The number of Topliss-reactive ketones (excluding diaryl/α,β-unsaturated/α-hetero) is 2. The van der Waals surface area contributed by atoms with Gasteiger partial charge in [0.2, 0.25) is 0 Å². The third kappa shape index (κ3) is 5.91. The van der Waals surface area contributed by atoms with Crippen molar-refractivity contribution in [3.63, 3.8) is 0 Å². The highest BCUT2D eigenvalue weighted by Crippen LogP contribution is 2.38. The molecule has 0 fully saturated rings. The monoisotopic (exact) mass is 508 g/mol. The maximum absolute atomic E-state index is 14.8. The maximum Gasteiger partial charge on any atom is 0.161 e. The largest absolute Gasteiger partial charge is 0.493 e. The van der Waals surface area contributed by atoms with E-state index in [4.69, 9.17) is 14.2 Å². The zero-order valence-corrected chi connectivity index (χ0v) is 20.1. The van der Waals surface area contributed by atoms with E-state index in [9.17, 15) is 22.8 Å². The summed E-state index contributed by atoms with van der Waals surface area (Å²) in [5.41, 5.74) is -0.316. The topological polar surface area (TPSA) is 61.8 Å². The van der Waals surface area contributed by atoms with Gasteiger partial charge in [-0.1, -0.05) is 24.3 Å². The maximum atomic E-state index is 14.8. The molecular formula is C29H23F3O5. The Morgan fingerprint density at radius 3 is 2.03 bits per heavy atom. The lowest BCUT2D eigenvalue weighted by Crippen LogP contribution is -2.14. The molecule has 4 aromatic carbocycles. The fourth-order valence-electron chi connectivity index (χ4n) is 3.98. The smallest absolute Gasteiger partial charge is 0.161 e. The fraction of sp³-hybridized carbons (Fsp3) is 0.172. The minimum Gasteiger partial charge on any atom is -0.493 e. The van der Waals surface area contributed by atoms with Gasteiger partial charge in [0, 0.05) is 29.9 Å². The predicted octanol–water partition coefficient (Wildman–Crippen LogP) is 6.38. The van der Waals surface area contributed by atoms with Crippen molar-refractivity contribution in [2.24, 2.45) is 0 Å². The number of hydrogen-bond donors (Lipinski definition) is 0. The van der Waals surface area contributed by atoms with Crippen LogP contribution in [0.1, 0.15) is 17.5 Å². The molecule has 0 spiro atoms. The molecule has 37 heavy (non-hydrogen) atoms. The standard InChI is InChI=1S/C29H23F3O5/c1-35-28-12-17-5-3-8-27(22(17)16-29(28)36-2)37-21-10-9-18(26(32)15-21)11-19(33)13-20(34)14-23-24(30)6-4-7-25(23)31/h3-10,12,15-16H,11,13-14H2,1-2H3. The molecule has 4 rings (SSSR count). The summed E-state index contributed by atoms with van der Waals surface area (Å²) >= 11 is 0. The van der Waals surface area contributed by atoms with Gasteiger partial charge in [0.05, 0.1) is 20.6 Å². The first kappa shape index (κ1) is 25.8. The van der Waals surface area contributed by atoms with Crippen LogP contribution in [0.15, 0.2) is 66.7 Å². The molecule has 0 aliphatic rings. The van der Waals surface area contributed by atoms with Crippen LogP contribution in [0.2, 0.25) is 0 Å². The van der Waals surface area contributed by atoms with Crippen LogP contribution in [0.4, 0.5) is 13.2 Å². The van der Waals surface area contributed by atoms with Crippen LogP contribution in [0.5, 0.6) is 23.0 Å². The van der Waals surface area contributed by atoms with Crippen molar-refractivity contribution in [1.82, 2.24) is 0 Å². The van der Waals surface area contributed by atoms with Gasteiger partial charge in [-0.2, -0.15) is 0 Å². The van der Waals surface area contributed by atoms with Gasteiger partial charge in [-0.3, -0.25) is 9.59 Å². The highest BCUT2D eigenvalue weighted by atomic mass is 19.1. The molecule has 0 aromatic heterocycles. The van der Waals surface area contributed by atoms with Crippen LogP contribution < -0.4 is 14.2 Å². The number of halogens is 3. The third-order valence-corrected chi connectivity index (χ3v) is 5.81. The fourth-order valence-corrected chi connectivity index (χ4v) is 3.98. The molecule has 5 nitrogen and oxygen atoms in total. The molecule has 0 saturated carbocycles. The summed E-state index contributed by atoms with van der Waals surface area (Å²) < 4.78 is 58.9. The van der Waals surface area contributed by atoms with Crippen molar-refractivity contribution in [3.05, 3.63) is 95.3 Å². The van der Waals surface area contributed by atoms with E-state index < -0.39 is 47.4 Å². The zero-order valence-electron chi connectivity index (χ0n) is 20.1. The number of hydrogen-bond acceptors (Lipinski definition) is 5. The van der Waals surface area contributed by atoms with Crippen LogP contribution in [0.3, 0.4) is 0 Å². The highest BCUT2D eigenvalue weighted by Gasteiger charge is 2.18. The van der Waals surface area contributed by atoms with Gasteiger partial charge in [-0.15, -0.1) is 0 Å². The second-order valence-corrected chi connectivity index (χ2v) is 8.35. The Morgan fingerprint density at radius 1 is 0.703 bits per heavy atom. The van der Waals surface area contributed by atoms with Crippen molar-refractivity contribution in [2.45, 2.75) is 19.3 Å². The van der Waals surface area contributed by atoms with Crippen LogP contribution in [-0.2, 0) is 22.4 Å². The first-order valence-corrected chi connectivity index (χ1v) is 11.4. The molecule has 0 atom stereocenters. The highest BCUT2D eigenvalue weighted by molar-refractivity contribution is 6.00. The molecule has 190 valence electrons. The molecule has 0 radical (unpaired) electrons. The van der Waals surface area contributed by atoms with Gasteiger partial charge in [0.15, 0.2) is 11.5 Å². The summed E-state index contributed by atoms with van der Waals surface area (Å²) in [7, 11) is 3.06. The van der Waals surface area contributed by atoms with E-state index in [0.717, 1.165) is 29.0 Å². The number of ketones is 2. The molecule has 0 bridgehead atoms. The van der Waals surface area contributed by atoms with E-state index in [1.165, 1.54) is 32.4 Å². The number of benzene rings is 4. The SMILES string of the molecule is COc1cc2cccc(Oc3ccc(CC(=O)CC(=O)Cc4c(F)cccc4F)c(F)c3)c2cc1OC. The van der Waals surface area contributed by atoms with Gasteiger partial charge in [0.1, 0.15) is 40.5 Å². The Bertz CT molecular complexity index is 1460. The van der Waals surface area contributed by atoms with Crippen LogP contribution in [-0.4, -0.2) is 25.8 Å². The van der Waals surface area contributed by atoms with Crippen molar-refractivity contribution < 1.29 is 37.0 Å². The Kier molecular flexibility index (Phi) is 7.77. The Hall–Kier alpha value is -4.33. The van der Waals surface area contributed by atoms with Crippen LogP contribution in [0.25, 0.3) is 10.8 Å². The second kappa shape index (κ2) is 11.2. The summed E-state index contributed by atoms with van der Waals surface area (Å²) in [4.78, 5) is 24.5. The van der Waals surface area contributed by atoms with Crippen molar-refractivity contribution in [1.29, 1.82) is 0 Å². The summed E-state index contributed by atoms with van der Waals surface area (Å²) in [6.45, 7) is 0. The lowest BCUT2D eigenvalue weighted by molar-refractivity contribution is -0.126. The first-order valence-electron chi connectivity index (χ1n) is 11.4. The normalized spacial score (nSPS) is 10.8. The zero-order chi connectivity index (χ0) is 26.5.